The zero-order valence-corrected chi connectivity index (χ0v) is 13.5. The number of amides is 1. The monoisotopic (exact) mass is 295 g/mol. The minimum Gasteiger partial charge on any atom is -0.394 e. The van der Waals surface area contributed by atoms with Gasteiger partial charge in [0.15, 0.2) is 0 Å². The van der Waals surface area contributed by atoms with E-state index in [-0.39, 0.29) is 30.1 Å². The van der Waals surface area contributed by atoms with Gasteiger partial charge in [-0.25, -0.2) is 0 Å². The maximum Gasteiger partial charge on any atom is 0.257 e. The molecule has 2 unspecified atom stereocenters. The number of aryl methyl sites for hydroxylation is 1. The first kappa shape index (κ1) is 16.0. The summed E-state index contributed by atoms with van der Waals surface area (Å²) in [6.07, 6.45) is 1.47. The molecule has 1 aromatic rings. The Morgan fingerprint density at radius 1 is 1.52 bits per heavy atom. The molecular formula is C15H25N3O3. The molecule has 0 aromatic carbocycles. The summed E-state index contributed by atoms with van der Waals surface area (Å²) in [5.41, 5.74) is 1.24. The Morgan fingerprint density at radius 3 is 2.76 bits per heavy atom. The highest BCUT2D eigenvalue weighted by Crippen LogP contribution is 2.26. The van der Waals surface area contributed by atoms with Crippen LogP contribution in [0.5, 0.6) is 0 Å². The fourth-order valence-electron chi connectivity index (χ4n) is 2.56. The second-order valence-electron chi connectivity index (χ2n) is 6.76. The van der Waals surface area contributed by atoms with Crippen LogP contribution in [0, 0.1) is 0 Å². The van der Waals surface area contributed by atoms with Crippen molar-refractivity contribution < 1.29 is 14.6 Å². The minimum atomic E-state index is -0.306. The van der Waals surface area contributed by atoms with E-state index >= 15 is 0 Å². The van der Waals surface area contributed by atoms with E-state index in [1.165, 1.54) is 0 Å². The van der Waals surface area contributed by atoms with Crippen LogP contribution in [0.15, 0.2) is 6.20 Å². The molecule has 0 aliphatic carbocycles. The second-order valence-corrected chi connectivity index (χ2v) is 6.76. The second kappa shape index (κ2) is 5.77. The first-order chi connectivity index (χ1) is 9.74. The molecule has 0 spiro atoms. The van der Waals surface area contributed by atoms with Crippen LogP contribution < -0.4 is 0 Å². The van der Waals surface area contributed by atoms with Gasteiger partial charge in [0.2, 0.25) is 0 Å². The summed E-state index contributed by atoms with van der Waals surface area (Å²) in [4.78, 5) is 14.7. The molecule has 6 nitrogen and oxygen atoms in total. The molecule has 0 saturated carbocycles. The first-order valence-corrected chi connectivity index (χ1v) is 7.31. The fourth-order valence-corrected chi connectivity index (χ4v) is 2.56. The highest BCUT2D eigenvalue weighted by Gasteiger charge is 2.34. The van der Waals surface area contributed by atoms with Gasteiger partial charge in [-0.3, -0.25) is 9.48 Å². The summed E-state index contributed by atoms with van der Waals surface area (Å²) in [5.74, 6) is -0.0396. The van der Waals surface area contributed by atoms with Gasteiger partial charge in [0.25, 0.3) is 5.91 Å². The number of aliphatic hydroxyl groups excluding tert-OH is 1. The minimum absolute atomic E-state index is 0.00618. The van der Waals surface area contributed by atoms with Crippen molar-refractivity contribution >= 4 is 5.91 Å². The van der Waals surface area contributed by atoms with Crippen molar-refractivity contribution in [2.24, 2.45) is 7.05 Å². The highest BCUT2D eigenvalue weighted by molar-refractivity contribution is 5.95. The van der Waals surface area contributed by atoms with Gasteiger partial charge in [-0.2, -0.15) is 5.10 Å². The molecule has 1 fully saturated rings. The van der Waals surface area contributed by atoms with E-state index in [0.29, 0.717) is 18.7 Å². The van der Waals surface area contributed by atoms with Gasteiger partial charge in [0.05, 0.1) is 36.6 Å². The number of rotatable bonds is 2. The van der Waals surface area contributed by atoms with Gasteiger partial charge in [0.1, 0.15) is 0 Å². The van der Waals surface area contributed by atoms with Crippen LogP contribution in [-0.2, 0) is 17.2 Å². The molecule has 1 aliphatic heterocycles. The number of hydrogen-bond acceptors (Lipinski definition) is 4. The maximum absolute atomic E-state index is 12.9. The molecule has 0 bridgehead atoms. The highest BCUT2D eigenvalue weighted by atomic mass is 16.5. The number of aromatic nitrogens is 2. The number of nitrogens with zero attached hydrogens (tertiary/aromatic N) is 3. The summed E-state index contributed by atoms with van der Waals surface area (Å²) in [6.45, 7) is 8.88. The number of carbonyl (C=O) groups excluding carboxylic acids is 1. The predicted octanol–water partition coefficient (Wildman–Crippen LogP) is 0.939. The predicted molar refractivity (Wildman–Crippen MR) is 79.2 cm³/mol. The van der Waals surface area contributed by atoms with Gasteiger partial charge in [0, 0.05) is 25.2 Å². The van der Waals surface area contributed by atoms with Crippen molar-refractivity contribution in [2.75, 3.05) is 19.8 Å². The summed E-state index contributed by atoms with van der Waals surface area (Å²) in [7, 11) is 1.82. The van der Waals surface area contributed by atoms with E-state index in [2.05, 4.69) is 5.10 Å². The van der Waals surface area contributed by atoms with Crippen LogP contribution >= 0.6 is 0 Å². The Bertz CT molecular complexity index is 519. The number of carbonyl (C=O) groups is 1. The van der Waals surface area contributed by atoms with Crippen LogP contribution in [0.3, 0.4) is 0 Å². The Morgan fingerprint density at radius 2 is 2.19 bits per heavy atom. The first-order valence-electron chi connectivity index (χ1n) is 7.31. The third-order valence-corrected chi connectivity index (χ3v) is 3.74. The average Bonchev–Trinajstić information content (AvgIpc) is 2.81. The van der Waals surface area contributed by atoms with Crippen molar-refractivity contribution in [1.29, 1.82) is 0 Å². The van der Waals surface area contributed by atoms with E-state index in [1.54, 1.807) is 15.8 Å². The maximum atomic E-state index is 12.9. The van der Waals surface area contributed by atoms with Crippen molar-refractivity contribution in [2.45, 2.75) is 45.3 Å². The lowest BCUT2D eigenvalue weighted by Gasteiger charge is -2.37. The summed E-state index contributed by atoms with van der Waals surface area (Å²) < 4.78 is 7.18. The van der Waals surface area contributed by atoms with Crippen molar-refractivity contribution in [3.05, 3.63) is 17.5 Å². The molecular weight excluding hydrogens is 270 g/mol. The zero-order valence-electron chi connectivity index (χ0n) is 13.5. The molecule has 2 atom stereocenters. The summed E-state index contributed by atoms with van der Waals surface area (Å²) >= 11 is 0. The molecule has 21 heavy (non-hydrogen) atoms. The van der Waals surface area contributed by atoms with Crippen molar-refractivity contribution in [3.63, 3.8) is 0 Å². The van der Waals surface area contributed by atoms with E-state index in [1.807, 2.05) is 34.7 Å². The largest absolute Gasteiger partial charge is 0.394 e. The molecule has 1 saturated heterocycles. The summed E-state index contributed by atoms with van der Waals surface area (Å²) in [6, 6.07) is -0.00618. The van der Waals surface area contributed by atoms with Crippen LogP contribution in [0.1, 0.15) is 43.7 Å². The quantitative estimate of drug-likeness (QED) is 0.882. The Hall–Kier alpha value is -1.40. The standard InChI is InChI=1S/C15H25N3O3/c1-10-9-21-11(8-19)6-18(10)14(20)12-7-17(5)16-13(12)15(2,3)4/h7,10-11,19H,6,8-9H2,1-5H3. The van der Waals surface area contributed by atoms with Crippen molar-refractivity contribution in [3.8, 4) is 0 Å². The lowest BCUT2D eigenvalue weighted by Crippen LogP contribution is -2.52. The molecule has 2 rings (SSSR count). The van der Waals surface area contributed by atoms with Crippen LogP contribution in [0.2, 0.25) is 0 Å². The Balaban J connectivity index is 2.31. The zero-order chi connectivity index (χ0) is 15.8. The van der Waals surface area contributed by atoms with Gasteiger partial charge >= 0.3 is 0 Å². The van der Waals surface area contributed by atoms with Crippen LogP contribution in [0.4, 0.5) is 0 Å². The number of morpholine rings is 1. The molecule has 1 aliphatic rings. The molecule has 6 heteroatoms. The number of ether oxygens (including phenoxy) is 1. The molecule has 1 aromatic heterocycles. The molecule has 2 heterocycles. The van der Waals surface area contributed by atoms with Gasteiger partial charge < -0.3 is 14.7 Å². The number of aliphatic hydroxyl groups is 1. The molecule has 118 valence electrons. The average molecular weight is 295 g/mol. The van der Waals surface area contributed by atoms with Gasteiger partial charge in [-0.1, -0.05) is 20.8 Å². The van der Waals surface area contributed by atoms with Crippen LogP contribution in [0.25, 0.3) is 0 Å². The third-order valence-electron chi connectivity index (χ3n) is 3.74. The SMILES string of the molecule is CC1COC(CO)CN1C(=O)c1cn(C)nc1C(C)(C)C. The molecule has 1 N–H and O–H groups in total. The van der Waals surface area contributed by atoms with Gasteiger partial charge in [-0.15, -0.1) is 0 Å². The van der Waals surface area contributed by atoms with E-state index in [4.69, 9.17) is 4.74 Å². The van der Waals surface area contributed by atoms with Crippen molar-refractivity contribution in [1.82, 2.24) is 14.7 Å². The van der Waals surface area contributed by atoms with Crippen LogP contribution in [-0.4, -0.2) is 57.6 Å². The fraction of sp³-hybridized carbons (Fsp3) is 0.733. The Labute approximate surface area is 125 Å². The normalized spacial score (nSPS) is 23.4. The molecule has 1 amide bonds. The van der Waals surface area contributed by atoms with Gasteiger partial charge in [-0.05, 0) is 6.92 Å². The summed E-state index contributed by atoms with van der Waals surface area (Å²) in [5, 5.41) is 13.7. The Kier molecular flexibility index (Phi) is 4.39. The van der Waals surface area contributed by atoms with E-state index in [9.17, 15) is 9.90 Å². The van der Waals surface area contributed by atoms with E-state index in [0.717, 1.165) is 5.69 Å². The smallest absolute Gasteiger partial charge is 0.257 e. The lowest BCUT2D eigenvalue weighted by atomic mass is 9.89. The number of hydrogen-bond donors (Lipinski definition) is 1. The lowest BCUT2D eigenvalue weighted by molar-refractivity contribution is -0.0667. The topological polar surface area (TPSA) is 67.6 Å². The van der Waals surface area contributed by atoms with E-state index < -0.39 is 0 Å². The third kappa shape index (κ3) is 3.27. The molecule has 0 radical (unpaired) electrons.